The first kappa shape index (κ1) is 32.6. The molecule has 226 valence electrons. The van der Waals surface area contributed by atoms with E-state index in [9.17, 15) is 10.2 Å². The van der Waals surface area contributed by atoms with Crippen molar-refractivity contribution >= 4 is 12.4 Å². The third-order valence-electron chi connectivity index (χ3n) is 7.34. The van der Waals surface area contributed by atoms with Gasteiger partial charge in [-0.2, -0.15) is 0 Å². The highest BCUT2D eigenvalue weighted by Gasteiger charge is 2.21. The molecule has 0 spiro atoms. The second-order valence-corrected chi connectivity index (χ2v) is 13.3. The van der Waals surface area contributed by atoms with Crippen molar-refractivity contribution in [2.75, 3.05) is 14.1 Å². The van der Waals surface area contributed by atoms with Gasteiger partial charge >= 0.3 is 0 Å². The van der Waals surface area contributed by atoms with Gasteiger partial charge in [-0.1, -0.05) is 88.3 Å². The molecule has 0 aromatic heterocycles. The first-order valence-electron chi connectivity index (χ1n) is 14.1. The lowest BCUT2D eigenvalue weighted by Gasteiger charge is -2.24. The molecule has 0 aliphatic heterocycles. The lowest BCUT2D eigenvalue weighted by atomic mass is 9.84. The topological polar surface area (TPSA) is 112 Å². The van der Waals surface area contributed by atoms with E-state index in [-0.39, 0.29) is 22.3 Å². The maximum absolute atomic E-state index is 10.8. The molecule has 8 heteroatoms. The van der Waals surface area contributed by atoms with Crippen molar-refractivity contribution in [3.63, 3.8) is 0 Å². The molecule has 3 rings (SSSR count). The lowest BCUT2D eigenvalue weighted by molar-refractivity contribution is 0.307. The fraction of sp³-hybridized carbons (Fsp3) is 0.412. The Morgan fingerprint density at radius 3 is 1.33 bits per heavy atom. The number of nitrogens with zero attached hydrogens (tertiary/aromatic N) is 4. The van der Waals surface area contributed by atoms with Gasteiger partial charge in [0.05, 0.1) is 12.4 Å². The quantitative estimate of drug-likeness (QED) is 0.124. The van der Waals surface area contributed by atoms with Crippen LogP contribution in [0.3, 0.4) is 0 Å². The van der Waals surface area contributed by atoms with Crippen LogP contribution in [0.5, 0.6) is 11.5 Å². The van der Waals surface area contributed by atoms with E-state index in [1.165, 1.54) is 12.4 Å². The highest BCUT2D eigenvalue weighted by molar-refractivity contribution is 5.84. The Morgan fingerprint density at radius 1 is 0.619 bits per heavy atom. The summed E-state index contributed by atoms with van der Waals surface area (Å²) in [5, 5.41) is 46.1. The van der Waals surface area contributed by atoms with Crippen molar-refractivity contribution in [3.05, 3.63) is 93.0 Å². The van der Waals surface area contributed by atoms with Crippen molar-refractivity contribution in [3.8, 4) is 11.5 Å². The van der Waals surface area contributed by atoms with Crippen LogP contribution in [0, 0.1) is 0 Å². The Bertz CT molecular complexity index is 1330. The van der Waals surface area contributed by atoms with E-state index >= 15 is 0 Å². The normalized spacial score (nSPS) is 12.8. The third kappa shape index (κ3) is 8.57. The SMILES string of the molecule is CN(Cc1cccc(CN(C)Cc2cc(C(C)(C)C)cc(/C=N/O)c2O)c1)Cc1cc(C(C)(C)C)cc(/C=N/O)c1O. The minimum Gasteiger partial charge on any atom is -0.507 e. The summed E-state index contributed by atoms with van der Waals surface area (Å²) in [5.41, 5.74) is 6.68. The number of phenolic OH excluding ortho intramolecular Hbond substituents is 2. The fourth-order valence-electron chi connectivity index (χ4n) is 5.01. The van der Waals surface area contributed by atoms with Gasteiger partial charge < -0.3 is 20.6 Å². The van der Waals surface area contributed by atoms with Gasteiger partial charge in [-0.25, -0.2) is 0 Å². The molecule has 4 N–H and O–H groups in total. The van der Waals surface area contributed by atoms with Crippen molar-refractivity contribution in [1.82, 2.24) is 9.80 Å². The zero-order valence-electron chi connectivity index (χ0n) is 26.2. The van der Waals surface area contributed by atoms with Crippen LogP contribution in [0.15, 0.2) is 58.8 Å². The zero-order valence-corrected chi connectivity index (χ0v) is 26.2. The standard InChI is InChI=1S/C34H46N4O4/c1-33(2,3)29-13-25(17-35-41)31(39)27(15-29)21-37(7)19-23-10-9-11-24(12-23)20-38(8)22-28-16-30(34(4,5)6)14-26(18-36-42)32(28)40/h9-18,39-42H,19-22H2,1-8H3/b35-17+,36-18+. The van der Waals surface area contributed by atoms with Crippen LogP contribution in [0.1, 0.15) is 86.1 Å². The molecule has 0 aliphatic rings. The zero-order chi connectivity index (χ0) is 31.2. The number of aromatic hydroxyl groups is 2. The molecule has 0 atom stereocenters. The van der Waals surface area contributed by atoms with Gasteiger partial charge in [0.15, 0.2) is 0 Å². The smallest absolute Gasteiger partial charge is 0.128 e. The fourth-order valence-corrected chi connectivity index (χ4v) is 5.01. The minimum absolute atomic E-state index is 0.121. The average molecular weight is 575 g/mol. The van der Waals surface area contributed by atoms with Crippen molar-refractivity contribution in [1.29, 1.82) is 0 Å². The molecule has 0 amide bonds. The van der Waals surface area contributed by atoms with Crippen LogP contribution in [0.25, 0.3) is 0 Å². The molecule has 0 radical (unpaired) electrons. The van der Waals surface area contributed by atoms with Crippen LogP contribution < -0.4 is 0 Å². The van der Waals surface area contributed by atoms with E-state index in [1.807, 2.05) is 44.4 Å². The molecule has 0 aliphatic carbocycles. The molecule has 0 heterocycles. The van der Waals surface area contributed by atoms with Gasteiger partial charge in [0.25, 0.3) is 0 Å². The van der Waals surface area contributed by atoms with E-state index in [4.69, 9.17) is 10.4 Å². The van der Waals surface area contributed by atoms with Crippen LogP contribution in [-0.2, 0) is 37.0 Å². The molecule has 3 aromatic carbocycles. The van der Waals surface area contributed by atoms with Crippen LogP contribution >= 0.6 is 0 Å². The molecule has 0 saturated carbocycles. The maximum atomic E-state index is 10.8. The summed E-state index contributed by atoms with van der Waals surface area (Å²) in [6.07, 6.45) is 2.54. The summed E-state index contributed by atoms with van der Waals surface area (Å²) in [5.74, 6) is 0.241. The van der Waals surface area contributed by atoms with E-state index in [0.717, 1.165) is 33.4 Å². The Hall–Kier alpha value is -3.88. The third-order valence-corrected chi connectivity index (χ3v) is 7.34. The number of hydrogen-bond donors (Lipinski definition) is 4. The van der Waals surface area contributed by atoms with Crippen LogP contribution in [0.4, 0.5) is 0 Å². The van der Waals surface area contributed by atoms with E-state index in [1.54, 1.807) is 0 Å². The summed E-state index contributed by atoms with van der Waals surface area (Å²) in [7, 11) is 4.03. The minimum atomic E-state index is -0.127. The van der Waals surface area contributed by atoms with Gasteiger partial charge in [-0.15, -0.1) is 0 Å². The summed E-state index contributed by atoms with van der Waals surface area (Å²) >= 11 is 0. The molecule has 0 bridgehead atoms. The van der Waals surface area contributed by atoms with Crippen LogP contribution in [-0.4, -0.2) is 57.0 Å². The number of phenols is 2. The summed E-state index contributed by atoms with van der Waals surface area (Å²) in [4.78, 5) is 4.29. The van der Waals surface area contributed by atoms with Gasteiger partial charge in [-0.3, -0.25) is 9.80 Å². The van der Waals surface area contributed by atoms with Crippen molar-refractivity contribution in [2.24, 2.45) is 10.3 Å². The number of hydrogen-bond acceptors (Lipinski definition) is 8. The van der Waals surface area contributed by atoms with Gasteiger partial charge in [0.1, 0.15) is 11.5 Å². The predicted molar refractivity (Wildman–Crippen MR) is 169 cm³/mol. The largest absolute Gasteiger partial charge is 0.507 e. The van der Waals surface area contributed by atoms with E-state index < -0.39 is 0 Å². The molecule has 0 saturated heterocycles. The maximum Gasteiger partial charge on any atom is 0.128 e. The Kier molecular flexibility index (Phi) is 10.4. The predicted octanol–water partition coefficient (Wildman–Crippen LogP) is 6.57. The monoisotopic (exact) mass is 574 g/mol. The summed E-state index contributed by atoms with van der Waals surface area (Å²) < 4.78 is 0. The first-order chi connectivity index (χ1) is 19.6. The summed E-state index contributed by atoms with van der Waals surface area (Å²) in [6.45, 7) is 15.1. The van der Waals surface area contributed by atoms with E-state index in [0.29, 0.717) is 37.3 Å². The second-order valence-electron chi connectivity index (χ2n) is 13.3. The number of oxime groups is 2. The Balaban J connectivity index is 1.75. The highest BCUT2D eigenvalue weighted by Crippen LogP contribution is 2.33. The first-order valence-corrected chi connectivity index (χ1v) is 14.1. The van der Waals surface area contributed by atoms with Crippen molar-refractivity contribution < 1.29 is 20.6 Å². The number of benzene rings is 3. The van der Waals surface area contributed by atoms with Gasteiger partial charge in [0, 0.05) is 48.4 Å². The molecule has 0 fully saturated rings. The molecule has 3 aromatic rings. The van der Waals surface area contributed by atoms with Gasteiger partial charge in [-0.05, 0) is 59.3 Å². The second kappa shape index (κ2) is 13.4. The summed E-state index contributed by atoms with van der Waals surface area (Å²) in [6, 6.07) is 16.2. The lowest BCUT2D eigenvalue weighted by Crippen LogP contribution is -2.20. The molecule has 0 unspecified atom stereocenters. The van der Waals surface area contributed by atoms with Gasteiger partial charge in [0.2, 0.25) is 0 Å². The Morgan fingerprint density at radius 2 is 1.00 bits per heavy atom. The number of rotatable bonds is 10. The highest BCUT2D eigenvalue weighted by atomic mass is 16.4. The molecular weight excluding hydrogens is 528 g/mol. The van der Waals surface area contributed by atoms with E-state index in [2.05, 4.69) is 79.9 Å². The average Bonchev–Trinajstić information content (AvgIpc) is 2.87. The molecule has 8 nitrogen and oxygen atoms in total. The Labute approximate surface area is 250 Å². The molecule has 42 heavy (non-hydrogen) atoms. The molecular formula is C34H46N4O4. The van der Waals surface area contributed by atoms with Crippen molar-refractivity contribution in [2.45, 2.75) is 78.6 Å². The van der Waals surface area contributed by atoms with Crippen LogP contribution in [0.2, 0.25) is 0 Å².